The Kier molecular flexibility index (Phi) is 7.11. The number of pyridine rings is 1. The van der Waals surface area contributed by atoms with Gasteiger partial charge >= 0.3 is 0 Å². The summed E-state index contributed by atoms with van der Waals surface area (Å²) in [6, 6.07) is 18.7. The number of aryl methyl sites for hydroxylation is 1. The summed E-state index contributed by atoms with van der Waals surface area (Å²) in [5, 5.41) is 3.01. The van der Waals surface area contributed by atoms with Crippen LogP contribution in [0.15, 0.2) is 66.9 Å². The number of ether oxygens (including phenoxy) is 2. The number of carbonyl (C=O) groups is 2. The van der Waals surface area contributed by atoms with E-state index in [2.05, 4.69) is 10.3 Å². The van der Waals surface area contributed by atoms with Gasteiger partial charge in [-0.3, -0.25) is 14.6 Å². The lowest BCUT2D eigenvalue weighted by Gasteiger charge is -2.21. The minimum absolute atomic E-state index is 0.0787. The largest absolute Gasteiger partial charge is 0.497 e. The lowest BCUT2D eigenvalue weighted by atomic mass is 9.87. The van der Waals surface area contributed by atoms with Gasteiger partial charge in [-0.1, -0.05) is 24.3 Å². The summed E-state index contributed by atoms with van der Waals surface area (Å²) in [4.78, 5) is 32.8. The second-order valence-electron chi connectivity index (χ2n) is 8.38. The Morgan fingerprint density at radius 3 is 2.53 bits per heavy atom. The monoisotopic (exact) mass is 459 g/mol. The smallest absolute Gasteiger partial charge is 0.254 e. The van der Waals surface area contributed by atoms with Crippen LogP contribution in [0.2, 0.25) is 0 Å². The van der Waals surface area contributed by atoms with Gasteiger partial charge in [0, 0.05) is 36.3 Å². The lowest BCUT2D eigenvalue weighted by Crippen LogP contribution is -2.35. The summed E-state index contributed by atoms with van der Waals surface area (Å²) in [7, 11) is 3.21. The molecule has 1 fully saturated rings. The number of nitrogens with zero attached hydrogens (tertiary/aromatic N) is 2. The van der Waals surface area contributed by atoms with Crippen LogP contribution < -0.4 is 14.8 Å². The molecule has 0 spiro atoms. The number of methoxy groups -OCH3 is 2. The number of aromatic nitrogens is 1. The zero-order valence-corrected chi connectivity index (χ0v) is 19.7. The fourth-order valence-electron chi connectivity index (χ4n) is 4.47. The number of carbonyl (C=O) groups excluding carboxylic acids is 2. The van der Waals surface area contributed by atoms with Crippen molar-refractivity contribution >= 4 is 11.8 Å². The number of rotatable bonds is 7. The first-order chi connectivity index (χ1) is 16.5. The highest BCUT2D eigenvalue weighted by atomic mass is 16.5. The Bertz CT molecular complexity index is 1170. The maximum atomic E-state index is 13.4. The molecule has 1 N–H and O–H groups in total. The van der Waals surface area contributed by atoms with Crippen LogP contribution >= 0.6 is 0 Å². The number of amides is 2. The van der Waals surface area contributed by atoms with Crippen molar-refractivity contribution in [3.05, 3.63) is 89.2 Å². The average Bonchev–Trinajstić information content (AvgIpc) is 3.33. The van der Waals surface area contributed by atoms with Crippen LogP contribution in [0.3, 0.4) is 0 Å². The van der Waals surface area contributed by atoms with Crippen molar-refractivity contribution in [1.82, 2.24) is 15.2 Å². The first-order valence-corrected chi connectivity index (χ1v) is 11.3. The lowest BCUT2D eigenvalue weighted by molar-refractivity contribution is -0.125. The molecule has 2 aromatic carbocycles. The minimum atomic E-state index is -0.447. The fourth-order valence-corrected chi connectivity index (χ4v) is 4.47. The number of likely N-dealkylation sites (tertiary alicyclic amines) is 1. The maximum absolute atomic E-state index is 13.4. The van der Waals surface area contributed by atoms with E-state index < -0.39 is 5.92 Å². The van der Waals surface area contributed by atoms with E-state index in [9.17, 15) is 9.59 Å². The Labute approximate surface area is 199 Å². The molecule has 4 rings (SSSR count). The summed E-state index contributed by atoms with van der Waals surface area (Å²) in [5.41, 5.74) is 3.18. The summed E-state index contributed by atoms with van der Waals surface area (Å²) in [6.45, 7) is 2.96. The third-order valence-electron chi connectivity index (χ3n) is 6.33. The molecule has 0 radical (unpaired) electrons. The molecule has 34 heavy (non-hydrogen) atoms. The Hall–Kier alpha value is -3.87. The molecule has 1 saturated heterocycles. The predicted octanol–water partition coefficient (Wildman–Crippen LogP) is 3.58. The molecule has 0 unspecified atom stereocenters. The number of nitrogens with one attached hydrogen (secondary N) is 1. The van der Waals surface area contributed by atoms with Gasteiger partial charge in [0.25, 0.3) is 5.91 Å². The summed E-state index contributed by atoms with van der Waals surface area (Å²) in [6.07, 6.45) is 1.70. The Morgan fingerprint density at radius 2 is 1.82 bits per heavy atom. The molecule has 1 aromatic heterocycles. The average molecular weight is 460 g/mol. The van der Waals surface area contributed by atoms with Crippen molar-refractivity contribution in [1.29, 1.82) is 0 Å². The van der Waals surface area contributed by atoms with Gasteiger partial charge in [0.2, 0.25) is 5.91 Å². The topological polar surface area (TPSA) is 80.8 Å². The third kappa shape index (κ3) is 4.88. The highest BCUT2D eigenvalue weighted by Crippen LogP contribution is 2.40. The predicted molar refractivity (Wildman–Crippen MR) is 129 cm³/mol. The van der Waals surface area contributed by atoms with Crippen LogP contribution in [0.5, 0.6) is 11.5 Å². The maximum Gasteiger partial charge on any atom is 0.254 e. The summed E-state index contributed by atoms with van der Waals surface area (Å²) in [5.74, 6) is 0.440. The van der Waals surface area contributed by atoms with Crippen molar-refractivity contribution in [2.45, 2.75) is 19.4 Å². The van der Waals surface area contributed by atoms with Crippen LogP contribution in [0.4, 0.5) is 0 Å². The standard InChI is InChI=1S/C27H29N3O4/c1-18-8-4-5-10-21(18)27(32)30-16-23(22-14-20(33-2)11-12-25(22)34-3)24(17-30)26(31)29-15-19-9-6-7-13-28-19/h4-14,23-24H,15-17H2,1-3H3,(H,29,31)/t23-,24-/m1/s1. The van der Waals surface area contributed by atoms with Crippen LogP contribution in [-0.2, 0) is 11.3 Å². The SMILES string of the molecule is COc1ccc(OC)c([C@H]2CN(C(=O)c3ccccc3C)C[C@H]2C(=O)NCc2ccccn2)c1. The molecular formula is C27H29N3O4. The van der Waals surface area contributed by atoms with E-state index in [4.69, 9.17) is 9.47 Å². The summed E-state index contributed by atoms with van der Waals surface area (Å²) < 4.78 is 11.0. The molecule has 0 bridgehead atoms. The number of hydrogen-bond acceptors (Lipinski definition) is 5. The molecular weight excluding hydrogens is 430 g/mol. The number of hydrogen-bond donors (Lipinski definition) is 1. The highest BCUT2D eigenvalue weighted by molar-refractivity contribution is 5.96. The van der Waals surface area contributed by atoms with E-state index >= 15 is 0 Å². The molecule has 176 valence electrons. The van der Waals surface area contributed by atoms with E-state index in [1.54, 1.807) is 25.3 Å². The zero-order valence-electron chi connectivity index (χ0n) is 19.7. The van der Waals surface area contributed by atoms with Gasteiger partial charge in [-0.05, 0) is 48.9 Å². The number of benzene rings is 2. The molecule has 7 heteroatoms. The Balaban J connectivity index is 1.64. The molecule has 7 nitrogen and oxygen atoms in total. The fraction of sp³-hybridized carbons (Fsp3) is 0.296. The highest BCUT2D eigenvalue weighted by Gasteiger charge is 2.42. The van der Waals surface area contributed by atoms with Gasteiger partial charge < -0.3 is 19.7 Å². The van der Waals surface area contributed by atoms with Gasteiger partial charge in [-0.2, -0.15) is 0 Å². The molecule has 2 heterocycles. The van der Waals surface area contributed by atoms with Crippen LogP contribution in [0.25, 0.3) is 0 Å². The van der Waals surface area contributed by atoms with Crippen molar-refractivity contribution in [2.24, 2.45) is 5.92 Å². The van der Waals surface area contributed by atoms with Crippen molar-refractivity contribution in [2.75, 3.05) is 27.3 Å². The van der Waals surface area contributed by atoms with Crippen LogP contribution in [0.1, 0.15) is 33.1 Å². The third-order valence-corrected chi connectivity index (χ3v) is 6.33. The van der Waals surface area contributed by atoms with E-state index in [0.29, 0.717) is 36.7 Å². The van der Waals surface area contributed by atoms with Gasteiger partial charge in [-0.25, -0.2) is 0 Å². The molecule has 1 aliphatic heterocycles. The van der Waals surface area contributed by atoms with Crippen LogP contribution in [0, 0.1) is 12.8 Å². The van der Waals surface area contributed by atoms with Crippen molar-refractivity contribution in [3.8, 4) is 11.5 Å². The van der Waals surface area contributed by atoms with Crippen LogP contribution in [-0.4, -0.2) is 49.0 Å². The second kappa shape index (κ2) is 10.4. The molecule has 3 aromatic rings. The minimum Gasteiger partial charge on any atom is -0.497 e. The molecule has 0 saturated carbocycles. The Morgan fingerprint density at radius 1 is 1.03 bits per heavy atom. The van der Waals surface area contributed by atoms with Crippen molar-refractivity contribution in [3.63, 3.8) is 0 Å². The second-order valence-corrected chi connectivity index (χ2v) is 8.38. The molecule has 2 amide bonds. The quantitative estimate of drug-likeness (QED) is 0.584. The zero-order chi connectivity index (χ0) is 24.1. The van der Waals surface area contributed by atoms with E-state index in [-0.39, 0.29) is 17.7 Å². The normalized spacial score (nSPS) is 17.3. The van der Waals surface area contributed by atoms with Gasteiger partial charge in [0.05, 0.1) is 32.4 Å². The van der Waals surface area contributed by atoms with E-state index in [1.807, 2.05) is 67.6 Å². The molecule has 0 aliphatic carbocycles. The summed E-state index contributed by atoms with van der Waals surface area (Å²) >= 11 is 0. The van der Waals surface area contributed by atoms with Gasteiger partial charge in [-0.15, -0.1) is 0 Å². The first kappa shape index (κ1) is 23.3. The first-order valence-electron chi connectivity index (χ1n) is 11.3. The van der Waals surface area contributed by atoms with Gasteiger partial charge in [0.15, 0.2) is 0 Å². The molecule has 1 aliphatic rings. The van der Waals surface area contributed by atoms with E-state index in [1.165, 1.54) is 0 Å². The van der Waals surface area contributed by atoms with E-state index in [0.717, 1.165) is 16.8 Å². The van der Waals surface area contributed by atoms with Gasteiger partial charge in [0.1, 0.15) is 11.5 Å². The van der Waals surface area contributed by atoms with Crippen molar-refractivity contribution < 1.29 is 19.1 Å². The molecule has 2 atom stereocenters.